The summed E-state index contributed by atoms with van der Waals surface area (Å²) < 4.78 is 17.9. The number of amides is 1. The van der Waals surface area contributed by atoms with Crippen LogP contribution in [-0.4, -0.2) is 29.9 Å². The molecule has 1 amide bonds. The van der Waals surface area contributed by atoms with Crippen LogP contribution in [0.4, 0.5) is 5.69 Å². The maximum atomic E-state index is 12.7. The Hall–Kier alpha value is -3.48. The molecule has 0 aliphatic heterocycles. The number of rotatable bonds is 8. The van der Waals surface area contributed by atoms with Gasteiger partial charge in [-0.2, -0.15) is 5.10 Å². The van der Waals surface area contributed by atoms with E-state index < -0.39 is 0 Å². The maximum absolute atomic E-state index is 12.7. The standard InChI is InChI=1S/C21H23N3O4/c1-4-15-8-10-17(11-9-15)28-14-24-13-16(12-22-24)23-21(25)20-18(26-2)6-5-7-19(20)27-3/h5-13H,4,14H2,1-3H3,(H,23,25). The number of hydrogen-bond donors (Lipinski definition) is 1. The number of benzene rings is 2. The van der Waals surface area contributed by atoms with E-state index in [-0.39, 0.29) is 12.6 Å². The lowest BCUT2D eigenvalue weighted by Crippen LogP contribution is -2.14. The van der Waals surface area contributed by atoms with Gasteiger partial charge in [0.25, 0.3) is 5.91 Å². The van der Waals surface area contributed by atoms with Crippen molar-refractivity contribution in [3.63, 3.8) is 0 Å². The Morgan fingerprint density at radius 1 is 1.07 bits per heavy atom. The number of nitrogens with one attached hydrogen (secondary N) is 1. The van der Waals surface area contributed by atoms with E-state index in [1.54, 1.807) is 35.3 Å². The molecule has 0 spiro atoms. The number of methoxy groups -OCH3 is 2. The molecule has 0 fully saturated rings. The molecule has 28 heavy (non-hydrogen) atoms. The monoisotopic (exact) mass is 381 g/mol. The Balaban J connectivity index is 1.65. The largest absolute Gasteiger partial charge is 0.496 e. The highest BCUT2D eigenvalue weighted by molar-refractivity contribution is 6.08. The van der Waals surface area contributed by atoms with Crippen LogP contribution in [0.1, 0.15) is 22.8 Å². The molecule has 0 unspecified atom stereocenters. The number of hydrogen-bond acceptors (Lipinski definition) is 5. The third-order valence-electron chi connectivity index (χ3n) is 4.24. The first kappa shape index (κ1) is 19.3. The van der Waals surface area contributed by atoms with Crippen LogP contribution in [0.5, 0.6) is 17.2 Å². The van der Waals surface area contributed by atoms with Crippen LogP contribution in [0.15, 0.2) is 54.9 Å². The van der Waals surface area contributed by atoms with Gasteiger partial charge in [0.2, 0.25) is 0 Å². The molecule has 3 rings (SSSR count). The average molecular weight is 381 g/mol. The number of aromatic nitrogens is 2. The summed E-state index contributed by atoms with van der Waals surface area (Å²) in [5.41, 5.74) is 2.12. The van der Waals surface area contributed by atoms with Crippen LogP contribution in [0.25, 0.3) is 0 Å². The molecule has 7 heteroatoms. The summed E-state index contributed by atoms with van der Waals surface area (Å²) in [7, 11) is 3.02. The summed E-state index contributed by atoms with van der Waals surface area (Å²) >= 11 is 0. The first-order chi connectivity index (χ1) is 13.6. The molecular weight excluding hydrogens is 358 g/mol. The average Bonchev–Trinajstić information content (AvgIpc) is 3.19. The van der Waals surface area contributed by atoms with Crippen LogP contribution in [0.3, 0.4) is 0 Å². The van der Waals surface area contributed by atoms with Gasteiger partial charge in [0.15, 0.2) is 6.73 Å². The van der Waals surface area contributed by atoms with Crippen LogP contribution in [0.2, 0.25) is 0 Å². The molecule has 146 valence electrons. The number of anilines is 1. The second kappa shape index (κ2) is 8.94. The Morgan fingerprint density at radius 3 is 2.36 bits per heavy atom. The van der Waals surface area contributed by atoms with Crippen molar-refractivity contribution >= 4 is 11.6 Å². The lowest BCUT2D eigenvalue weighted by Gasteiger charge is -2.12. The summed E-state index contributed by atoms with van der Waals surface area (Å²) in [5, 5.41) is 7.01. The Morgan fingerprint density at radius 2 is 1.75 bits per heavy atom. The summed E-state index contributed by atoms with van der Waals surface area (Å²) in [6, 6.07) is 13.1. The summed E-state index contributed by atoms with van der Waals surface area (Å²) in [6.07, 6.45) is 4.24. The van der Waals surface area contributed by atoms with Gasteiger partial charge in [-0.3, -0.25) is 4.79 Å². The van der Waals surface area contributed by atoms with Gasteiger partial charge in [0, 0.05) is 0 Å². The number of nitrogens with zero attached hydrogens (tertiary/aromatic N) is 2. The van der Waals surface area contributed by atoms with Gasteiger partial charge < -0.3 is 19.5 Å². The quantitative estimate of drug-likeness (QED) is 0.643. The highest BCUT2D eigenvalue weighted by atomic mass is 16.5. The highest BCUT2D eigenvalue weighted by Gasteiger charge is 2.18. The van der Waals surface area contributed by atoms with Gasteiger partial charge in [0.1, 0.15) is 22.8 Å². The molecule has 0 atom stereocenters. The molecule has 7 nitrogen and oxygen atoms in total. The van der Waals surface area contributed by atoms with Crippen LogP contribution < -0.4 is 19.5 Å². The molecule has 0 aliphatic rings. The van der Waals surface area contributed by atoms with E-state index in [0.717, 1.165) is 12.2 Å². The smallest absolute Gasteiger partial charge is 0.263 e. The molecular formula is C21H23N3O4. The zero-order valence-electron chi connectivity index (χ0n) is 16.1. The van der Waals surface area contributed by atoms with Crippen molar-refractivity contribution in [3.05, 3.63) is 66.0 Å². The molecule has 0 saturated carbocycles. The fourth-order valence-corrected chi connectivity index (χ4v) is 2.73. The molecule has 0 bridgehead atoms. The molecule has 1 N–H and O–H groups in total. The lowest BCUT2D eigenvalue weighted by molar-refractivity contribution is 0.102. The third-order valence-corrected chi connectivity index (χ3v) is 4.24. The zero-order valence-corrected chi connectivity index (χ0v) is 16.1. The molecule has 0 saturated heterocycles. The van der Waals surface area contributed by atoms with Gasteiger partial charge >= 0.3 is 0 Å². The van der Waals surface area contributed by atoms with Gasteiger partial charge in [0.05, 0.1) is 32.3 Å². The second-order valence-corrected chi connectivity index (χ2v) is 6.03. The van der Waals surface area contributed by atoms with Gasteiger partial charge in [-0.25, -0.2) is 4.68 Å². The molecule has 0 aliphatic carbocycles. The van der Waals surface area contributed by atoms with E-state index in [4.69, 9.17) is 14.2 Å². The highest BCUT2D eigenvalue weighted by Crippen LogP contribution is 2.29. The van der Waals surface area contributed by atoms with E-state index in [9.17, 15) is 4.79 Å². The van der Waals surface area contributed by atoms with E-state index in [1.807, 2.05) is 24.3 Å². The van der Waals surface area contributed by atoms with E-state index in [2.05, 4.69) is 17.3 Å². The third kappa shape index (κ3) is 4.43. The van der Waals surface area contributed by atoms with Crippen molar-refractivity contribution in [3.8, 4) is 17.2 Å². The van der Waals surface area contributed by atoms with Crippen molar-refractivity contribution < 1.29 is 19.0 Å². The van der Waals surface area contributed by atoms with Crippen molar-refractivity contribution in [2.75, 3.05) is 19.5 Å². The zero-order chi connectivity index (χ0) is 19.9. The predicted molar refractivity (Wildman–Crippen MR) is 106 cm³/mol. The van der Waals surface area contributed by atoms with Gasteiger partial charge in [-0.1, -0.05) is 25.1 Å². The van der Waals surface area contributed by atoms with Crippen LogP contribution in [-0.2, 0) is 13.2 Å². The summed E-state index contributed by atoms with van der Waals surface area (Å²) in [5.74, 6) is 1.29. The molecule has 2 aromatic carbocycles. The Labute approximate surface area is 163 Å². The van der Waals surface area contributed by atoms with Gasteiger partial charge in [-0.05, 0) is 36.2 Å². The van der Waals surface area contributed by atoms with Crippen LogP contribution >= 0.6 is 0 Å². The topological polar surface area (TPSA) is 74.6 Å². The molecule has 1 aromatic heterocycles. The first-order valence-electron chi connectivity index (χ1n) is 8.91. The fraction of sp³-hybridized carbons (Fsp3) is 0.238. The second-order valence-electron chi connectivity index (χ2n) is 6.03. The van der Waals surface area contributed by atoms with E-state index in [1.165, 1.54) is 19.8 Å². The molecule has 0 radical (unpaired) electrons. The first-order valence-corrected chi connectivity index (χ1v) is 8.91. The Bertz CT molecular complexity index is 913. The van der Waals surface area contributed by atoms with Crippen LogP contribution in [0, 0.1) is 0 Å². The fourth-order valence-electron chi connectivity index (χ4n) is 2.73. The van der Waals surface area contributed by atoms with E-state index >= 15 is 0 Å². The van der Waals surface area contributed by atoms with Crippen molar-refractivity contribution in [1.29, 1.82) is 0 Å². The molecule has 3 aromatic rings. The lowest BCUT2D eigenvalue weighted by atomic mass is 10.1. The van der Waals surface area contributed by atoms with E-state index in [0.29, 0.717) is 22.7 Å². The molecule has 1 heterocycles. The number of carbonyl (C=O) groups is 1. The van der Waals surface area contributed by atoms with Crippen molar-refractivity contribution in [2.24, 2.45) is 0 Å². The number of carbonyl (C=O) groups excluding carboxylic acids is 1. The van der Waals surface area contributed by atoms with Crippen molar-refractivity contribution in [2.45, 2.75) is 20.1 Å². The number of aryl methyl sites for hydroxylation is 1. The summed E-state index contributed by atoms with van der Waals surface area (Å²) in [4.78, 5) is 12.7. The normalized spacial score (nSPS) is 10.4. The van der Waals surface area contributed by atoms with Gasteiger partial charge in [-0.15, -0.1) is 0 Å². The maximum Gasteiger partial charge on any atom is 0.263 e. The SMILES string of the molecule is CCc1ccc(OCn2cc(NC(=O)c3c(OC)cccc3OC)cn2)cc1. The Kier molecular flexibility index (Phi) is 6.16. The minimum atomic E-state index is -0.343. The predicted octanol–water partition coefficient (Wildman–Crippen LogP) is 3.75. The minimum Gasteiger partial charge on any atom is -0.496 e. The van der Waals surface area contributed by atoms with Crippen molar-refractivity contribution in [1.82, 2.24) is 9.78 Å². The number of ether oxygens (including phenoxy) is 3. The minimum absolute atomic E-state index is 0.235. The summed E-state index contributed by atoms with van der Waals surface area (Å²) in [6.45, 7) is 2.34.